The van der Waals surface area contributed by atoms with E-state index in [1.807, 2.05) is 18.2 Å². The molecule has 0 bridgehead atoms. The van der Waals surface area contributed by atoms with Crippen molar-refractivity contribution < 1.29 is 0 Å². The maximum Gasteiger partial charge on any atom is 0.0408 e. The van der Waals surface area contributed by atoms with Gasteiger partial charge in [0, 0.05) is 9.85 Å². The maximum absolute atomic E-state index is 5.81. The summed E-state index contributed by atoms with van der Waals surface area (Å²) in [4.78, 5) is 0.515. The Labute approximate surface area is 80.7 Å². The molecule has 0 unspecified atom stereocenters. The van der Waals surface area contributed by atoms with E-state index in [4.69, 9.17) is 11.6 Å². The van der Waals surface area contributed by atoms with Crippen LogP contribution in [-0.4, -0.2) is 4.83 Å². The van der Waals surface area contributed by atoms with Crippen molar-refractivity contribution in [1.29, 1.82) is 0 Å². The Hall–Kier alpha value is -0.0100. The van der Waals surface area contributed by atoms with Gasteiger partial charge in [0.25, 0.3) is 0 Å². The van der Waals surface area contributed by atoms with Crippen LogP contribution < -0.4 is 0 Å². The maximum atomic E-state index is 5.81. The van der Waals surface area contributed by atoms with Gasteiger partial charge in [-0.15, -0.1) is 0 Å². The molecule has 0 N–H and O–H groups in total. The minimum absolute atomic E-state index is 0.515. The SMILES string of the molecule is C[C@H](Br)Cc1cccc(Cl)c1. The van der Waals surface area contributed by atoms with Crippen molar-refractivity contribution in [3.05, 3.63) is 34.9 Å². The zero-order chi connectivity index (χ0) is 8.27. The summed E-state index contributed by atoms with van der Waals surface area (Å²) in [6.45, 7) is 2.13. The molecule has 0 amide bonds. The number of benzene rings is 1. The third-order valence-electron chi connectivity index (χ3n) is 1.41. The molecular weight excluding hydrogens is 223 g/mol. The van der Waals surface area contributed by atoms with E-state index in [0.29, 0.717) is 4.83 Å². The first kappa shape index (κ1) is 9.08. The highest BCUT2D eigenvalue weighted by Gasteiger charge is 1.98. The summed E-state index contributed by atoms with van der Waals surface area (Å²) in [6, 6.07) is 7.96. The van der Waals surface area contributed by atoms with Crippen LogP contribution in [0.15, 0.2) is 24.3 Å². The molecule has 0 saturated heterocycles. The first-order valence-electron chi connectivity index (χ1n) is 3.57. The van der Waals surface area contributed by atoms with Crippen LogP contribution in [0.25, 0.3) is 0 Å². The molecule has 0 saturated carbocycles. The van der Waals surface area contributed by atoms with E-state index in [2.05, 4.69) is 28.9 Å². The Bertz CT molecular complexity index is 233. The quantitative estimate of drug-likeness (QED) is 0.684. The lowest BCUT2D eigenvalue weighted by Gasteiger charge is -2.02. The molecule has 0 aliphatic rings. The lowest BCUT2D eigenvalue weighted by atomic mass is 10.1. The lowest BCUT2D eigenvalue weighted by molar-refractivity contribution is 0.960. The summed E-state index contributed by atoms with van der Waals surface area (Å²) in [5.74, 6) is 0. The standard InChI is InChI=1S/C9H10BrCl/c1-7(10)5-8-3-2-4-9(11)6-8/h2-4,6-7H,5H2,1H3/t7-/m0/s1. The van der Waals surface area contributed by atoms with Crippen LogP contribution in [0.2, 0.25) is 5.02 Å². The second-order valence-corrected chi connectivity index (χ2v) is 4.61. The molecule has 0 fully saturated rings. The first-order chi connectivity index (χ1) is 5.18. The normalized spacial score (nSPS) is 13.0. The van der Waals surface area contributed by atoms with Gasteiger partial charge in [-0.3, -0.25) is 0 Å². The minimum Gasteiger partial charge on any atom is -0.0890 e. The van der Waals surface area contributed by atoms with Gasteiger partial charge in [0.1, 0.15) is 0 Å². The van der Waals surface area contributed by atoms with Gasteiger partial charge in [-0.25, -0.2) is 0 Å². The number of alkyl halides is 1. The predicted molar refractivity (Wildman–Crippen MR) is 53.5 cm³/mol. The zero-order valence-corrected chi connectivity index (χ0v) is 8.69. The molecule has 0 aromatic heterocycles. The number of hydrogen-bond donors (Lipinski definition) is 0. The van der Waals surface area contributed by atoms with Gasteiger partial charge in [-0.1, -0.05) is 46.6 Å². The molecule has 0 spiro atoms. The van der Waals surface area contributed by atoms with Crippen LogP contribution in [0.1, 0.15) is 12.5 Å². The van der Waals surface area contributed by atoms with E-state index < -0.39 is 0 Å². The Balaban J connectivity index is 2.71. The molecule has 60 valence electrons. The van der Waals surface area contributed by atoms with Gasteiger partial charge in [0.2, 0.25) is 0 Å². The van der Waals surface area contributed by atoms with E-state index in [-0.39, 0.29) is 0 Å². The average molecular weight is 234 g/mol. The Morgan fingerprint density at radius 1 is 1.55 bits per heavy atom. The average Bonchev–Trinajstić information content (AvgIpc) is 1.85. The molecule has 1 rings (SSSR count). The summed E-state index contributed by atoms with van der Waals surface area (Å²) < 4.78 is 0. The molecule has 0 aliphatic carbocycles. The van der Waals surface area contributed by atoms with Crippen molar-refractivity contribution in [2.45, 2.75) is 18.2 Å². The van der Waals surface area contributed by atoms with Crippen LogP contribution in [0.4, 0.5) is 0 Å². The number of halogens is 2. The fourth-order valence-electron chi connectivity index (χ4n) is 0.989. The summed E-state index contributed by atoms with van der Waals surface area (Å²) >= 11 is 9.31. The molecule has 1 atom stereocenters. The number of rotatable bonds is 2. The Morgan fingerprint density at radius 2 is 2.27 bits per heavy atom. The highest BCUT2D eigenvalue weighted by atomic mass is 79.9. The fourth-order valence-corrected chi connectivity index (χ4v) is 1.58. The fraction of sp³-hybridized carbons (Fsp3) is 0.333. The van der Waals surface area contributed by atoms with Crippen LogP contribution in [-0.2, 0) is 6.42 Å². The topological polar surface area (TPSA) is 0 Å². The summed E-state index contributed by atoms with van der Waals surface area (Å²) in [7, 11) is 0. The lowest BCUT2D eigenvalue weighted by Crippen LogP contribution is -1.95. The van der Waals surface area contributed by atoms with Crippen molar-refractivity contribution in [3.63, 3.8) is 0 Å². The largest absolute Gasteiger partial charge is 0.0890 e. The van der Waals surface area contributed by atoms with Gasteiger partial charge in [-0.2, -0.15) is 0 Å². The molecule has 0 radical (unpaired) electrons. The highest BCUT2D eigenvalue weighted by Crippen LogP contribution is 2.14. The van der Waals surface area contributed by atoms with Gasteiger partial charge in [0.05, 0.1) is 0 Å². The molecular formula is C9H10BrCl. The summed E-state index contributed by atoms with van der Waals surface area (Å²) in [6.07, 6.45) is 1.03. The van der Waals surface area contributed by atoms with E-state index in [9.17, 15) is 0 Å². The van der Waals surface area contributed by atoms with E-state index >= 15 is 0 Å². The molecule has 0 nitrogen and oxygen atoms in total. The summed E-state index contributed by atoms with van der Waals surface area (Å²) in [5, 5.41) is 0.815. The summed E-state index contributed by atoms with van der Waals surface area (Å²) in [5.41, 5.74) is 1.28. The molecule has 0 aliphatic heterocycles. The minimum atomic E-state index is 0.515. The first-order valence-corrected chi connectivity index (χ1v) is 4.86. The van der Waals surface area contributed by atoms with Gasteiger partial charge < -0.3 is 0 Å². The second-order valence-electron chi connectivity index (χ2n) is 2.61. The van der Waals surface area contributed by atoms with E-state index in [0.717, 1.165) is 11.4 Å². The third-order valence-corrected chi connectivity index (χ3v) is 1.96. The Kier molecular flexibility index (Phi) is 3.41. The van der Waals surface area contributed by atoms with Gasteiger partial charge >= 0.3 is 0 Å². The van der Waals surface area contributed by atoms with Crippen molar-refractivity contribution in [3.8, 4) is 0 Å². The van der Waals surface area contributed by atoms with Gasteiger partial charge in [-0.05, 0) is 24.1 Å². The van der Waals surface area contributed by atoms with Gasteiger partial charge in [0.15, 0.2) is 0 Å². The van der Waals surface area contributed by atoms with Crippen LogP contribution in [0.5, 0.6) is 0 Å². The molecule has 2 heteroatoms. The van der Waals surface area contributed by atoms with Crippen molar-refractivity contribution in [1.82, 2.24) is 0 Å². The van der Waals surface area contributed by atoms with Crippen LogP contribution in [0.3, 0.4) is 0 Å². The molecule has 0 heterocycles. The van der Waals surface area contributed by atoms with Crippen molar-refractivity contribution >= 4 is 27.5 Å². The van der Waals surface area contributed by atoms with Crippen LogP contribution >= 0.6 is 27.5 Å². The highest BCUT2D eigenvalue weighted by molar-refractivity contribution is 9.09. The second kappa shape index (κ2) is 4.13. The zero-order valence-electron chi connectivity index (χ0n) is 6.35. The third kappa shape index (κ3) is 3.26. The number of hydrogen-bond acceptors (Lipinski definition) is 0. The van der Waals surface area contributed by atoms with Crippen LogP contribution in [0, 0.1) is 0 Å². The monoisotopic (exact) mass is 232 g/mol. The molecule has 1 aromatic rings. The van der Waals surface area contributed by atoms with Crippen molar-refractivity contribution in [2.24, 2.45) is 0 Å². The molecule has 11 heavy (non-hydrogen) atoms. The van der Waals surface area contributed by atoms with Crippen molar-refractivity contribution in [2.75, 3.05) is 0 Å². The van der Waals surface area contributed by atoms with E-state index in [1.54, 1.807) is 0 Å². The predicted octanol–water partition coefficient (Wildman–Crippen LogP) is 3.67. The smallest absolute Gasteiger partial charge is 0.0408 e. The molecule has 1 aromatic carbocycles. The Morgan fingerprint density at radius 3 is 2.82 bits per heavy atom. The van der Waals surface area contributed by atoms with E-state index in [1.165, 1.54) is 5.56 Å².